The highest BCUT2D eigenvalue weighted by Crippen LogP contribution is 2.13. The molecule has 19 heavy (non-hydrogen) atoms. The summed E-state index contributed by atoms with van der Waals surface area (Å²) in [7, 11) is 0. The smallest absolute Gasteiger partial charge is 0.179 e. The van der Waals surface area contributed by atoms with Gasteiger partial charge in [-0.2, -0.15) is 0 Å². The molecule has 3 heterocycles. The monoisotopic (exact) mass is 273 g/mol. The van der Waals surface area contributed by atoms with Gasteiger partial charge in [0.2, 0.25) is 0 Å². The van der Waals surface area contributed by atoms with Crippen molar-refractivity contribution in [3.05, 3.63) is 41.3 Å². The summed E-state index contributed by atoms with van der Waals surface area (Å²) in [6, 6.07) is 2.07. The molecule has 0 amide bonds. The fourth-order valence-corrected chi connectivity index (χ4v) is 2.47. The van der Waals surface area contributed by atoms with Crippen molar-refractivity contribution < 1.29 is 0 Å². The molecule has 0 aliphatic carbocycles. The van der Waals surface area contributed by atoms with Crippen LogP contribution in [0.25, 0.3) is 11.2 Å². The number of rotatable bonds is 4. The molecule has 6 heteroatoms. The number of aryl methyl sites for hydroxylation is 3. The van der Waals surface area contributed by atoms with Crippen LogP contribution in [0.5, 0.6) is 0 Å². The number of nitrogens with zero attached hydrogens (tertiary/aromatic N) is 4. The Morgan fingerprint density at radius 1 is 1.37 bits per heavy atom. The van der Waals surface area contributed by atoms with E-state index in [-0.39, 0.29) is 0 Å². The summed E-state index contributed by atoms with van der Waals surface area (Å²) in [5.41, 5.74) is 3.07. The molecule has 3 aromatic rings. The number of aromatic nitrogens is 5. The zero-order valence-electron chi connectivity index (χ0n) is 10.7. The second-order valence-corrected chi connectivity index (χ2v) is 5.01. The van der Waals surface area contributed by atoms with Gasteiger partial charge in [-0.15, -0.1) is 0 Å². The molecule has 0 aromatic carbocycles. The van der Waals surface area contributed by atoms with Gasteiger partial charge < -0.3 is 14.1 Å². The van der Waals surface area contributed by atoms with E-state index in [2.05, 4.69) is 30.2 Å². The van der Waals surface area contributed by atoms with E-state index in [1.807, 2.05) is 25.6 Å². The molecule has 98 valence electrons. The number of fused-ring (bicyclic) bond motifs is 1. The fraction of sp³-hybridized carbons (Fsp3) is 0.308. The Balaban J connectivity index is 1.80. The predicted octanol–water partition coefficient (Wildman–Crippen LogP) is 2.69. The molecule has 0 radical (unpaired) electrons. The van der Waals surface area contributed by atoms with Crippen LogP contribution in [0.15, 0.2) is 31.0 Å². The van der Waals surface area contributed by atoms with Crippen molar-refractivity contribution in [3.8, 4) is 0 Å². The van der Waals surface area contributed by atoms with Crippen molar-refractivity contribution in [1.29, 1.82) is 0 Å². The highest BCUT2D eigenvalue weighted by Gasteiger charge is 2.05. The first-order valence-electron chi connectivity index (χ1n) is 6.25. The second kappa shape index (κ2) is 4.97. The van der Waals surface area contributed by atoms with Gasteiger partial charge in [0, 0.05) is 31.7 Å². The molecule has 3 aromatic heterocycles. The van der Waals surface area contributed by atoms with Crippen LogP contribution in [0.2, 0.25) is 0 Å². The maximum atomic E-state index is 5.36. The third-order valence-electron chi connectivity index (χ3n) is 3.10. The van der Waals surface area contributed by atoms with Crippen molar-refractivity contribution in [1.82, 2.24) is 24.1 Å². The van der Waals surface area contributed by atoms with Crippen LogP contribution in [0, 0.1) is 11.7 Å². The number of pyridine rings is 1. The molecule has 5 nitrogen and oxygen atoms in total. The minimum Gasteiger partial charge on any atom is -0.337 e. The lowest BCUT2D eigenvalue weighted by Gasteiger charge is -2.04. The van der Waals surface area contributed by atoms with E-state index in [1.165, 1.54) is 0 Å². The van der Waals surface area contributed by atoms with Gasteiger partial charge in [-0.3, -0.25) is 0 Å². The molecular formula is C13H15N5S. The molecule has 0 atom stereocenters. The van der Waals surface area contributed by atoms with Crippen molar-refractivity contribution >= 4 is 23.4 Å². The molecule has 0 spiro atoms. The molecule has 0 aliphatic heterocycles. The molecule has 0 saturated heterocycles. The van der Waals surface area contributed by atoms with E-state index < -0.39 is 0 Å². The third-order valence-corrected chi connectivity index (χ3v) is 3.43. The maximum absolute atomic E-state index is 5.36. The molecule has 0 aliphatic rings. The van der Waals surface area contributed by atoms with E-state index in [0.717, 1.165) is 41.0 Å². The number of H-pyrrole nitrogens is 1. The molecule has 0 fully saturated rings. The Morgan fingerprint density at radius 2 is 2.26 bits per heavy atom. The van der Waals surface area contributed by atoms with Gasteiger partial charge in [0.1, 0.15) is 0 Å². The lowest BCUT2D eigenvalue weighted by atomic mass is 10.3. The van der Waals surface area contributed by atoms with Gasteiger partial charge in [0.15, 0.2) is 10.4 Å². The van der Waals surface area contributed by atoms with Crippen molar-refractivity contribution in [2.45, 2.75) is 26.4 Å². The number of imidazole rings is 2. The Morgan fingerprint density at radius 3 is 3.05 bits per heavy atom. The van der Waals surface area contributed by atoms with Crippen molar-refractivity contribution in [2.24, 2.45) is 0 Å². The van der Waals surface area contributed by atoms with Crippen LogP contribution in [0.4, 0.5) is 0 Å². The van der Waals surface area contributed by atoms with Crippen LogP contribution in [-0.2, 0) is 13.1 Å². The van der Waals surface area contributed by atoms with Crippen LogP contribution < -0.4 is 0 Å². The zero-order valence-corrected chi connectivity index (χ0v) is 11.5. The number of nitrogens with one attached hydrogen (secondary N) is 1. The van der Waals surface area contributed by atoms with Gasteiger partial charge in [0.05, 0.1) is 11.8 Å². The highest BCUT2D eigenvalue weighted by atomic mass is 32.1. The minimum atomic E-state index is 0.735. The number of hydrogen-bond acceptors (Lipinski definition) is 3. The minimum absolute atomic E-state index is 0.735. The summed E-state index contributed by atoms with van der Waals surface area (Å²) in [5.74, 6) is 0. The largest absolute Gasteiger partial charge is 0.337 e. The average molecular weight is 273 g/mol. The van der Waals surface area contributed by atoms with Crippen molar-refractivity contribution in [3.63, 3.8) is 0 Å². The van der Waals surface area contributed by atoms with Gasteiger partial charge in [0.25, 0.3) is 0 Å². The quantitative estimate of drug-likeness (QED) is 0.744. The first-order chi connectivity index (χ1) is 9.24. The zero-order chi connectivity index (χ0) is 13.2. The molecule has 0 unspecified atom stereocenters. The van der Waals surface area contributed by atoms with Crippen LogP contribution >= 0.6 is 12.2 Å². The Labute approximate surface area is 115 Å². The molecular weight excluding hydrogens is 258 g/mol. The number of hydrogen-bond donors (Lipinski definition) is 1. The van der Waals surface area contributed by atoms with Crippen LogP contribution in [0.1, 0.15) is 12.0 Å². The normalized spacial score (nSPS) is 11.2. The molecule has 0 saturated carbocycles. The van der Waals surface area contributed by atoms with Crippen LogP contribution in [0.3, 0.4) is 0 Å². The molecule has 3 rings (SSSR count). The summed E-state index contributed by atoms with van der Waals surface area (Å²) in [6.45, 7) is 3.81. The van der Waals surface area contributed by atoms with Gasteiger partial charge in [-0.1, -0.05) is 0 Å². The van der Waals surface area contributed by atoms with Gasteiger partial charge in [-0.25, -0.2) is 9.97 Å². The average Bonchev–Trinajstić information content (AvgIpc) is 2.98. The summed E-state index contributed by atoms with van der Waals surface area (Å²) < 4.78 is 4.86. The van der Waals surface area contributed by atoms with E-state index in [9.17, 15) is 0 Å². The van der Waals surface area contributed by atoms with Gasteiger partial charge >= 0.3 is 0 Å². The van der Waals surface area contributed by atoms with E-state index in [4.69, 9.17) is 12.2 Å². The van der Waals surface area contributed by atoms with Crippen molar-refractivity contribution in [2.75, 3.05) is 0 Å². The first kappa shape index (κ1) is 12.1. The maximum Gasteiger partial charge on any atom is 0.179 e. The van der Waals surface area contributed by atoms with E-state index in [0.29, 0.717) is 0 Å². The van der Waals surface area contributed by atoms with E-state index >= 15 is 0 Å². The Bertz CT molecular complexity index is 738. The number of aromatic amines is 1. The molecule has 0 bridgehead atoms. The molecule has 1 N–H and O–H groups in total. The Kier molecular flexibility index (Phi) is 3.16. The topological polar surface area (TPSA) is 51.4 Å². The lowest BCUT2D eigenvalue weighted by molar-refractivity contribution is 0.566. The fourth-order valence-electron chi connectivity index (χ4n) is 2.19. The lowest BCUT2D eigenvalue weighted by Crippen LogP contribution is -2.03. The summed E-state index contributed by atoms with van der Waals surface area (Å²) in [6.07, 6.45) is 8.46. The second-order valence-electron chi connectivity index (χ2n) is 4.62. The summed E-state index contributed by atoms with van der Waals surface area (Å²) >= 11 is 5.36. The SMILES string of the molecule is Cc1cnc2c(c1)[nH]c(=S)n2CCCn1ccnc1. The summed E-state index contributed by atoms with van der Waals surface area (Å²) in [5, 5.41) is 0. The third kappa shape index (κ3) is 2.44. The summed E-state index contributed by atoms with van der Waals surface area (Å²) in [4.78, 5) is 11.7. The first-order valence-corrected chi connectivity index (χ1v) is 6.66. The van der Waals surface area contributed by atoms with Gasteiger partial charge in [-0.05, 0) is 37.2 Å². The Hall–Kier alpha value is -1.95. The standard InChI is InChI=1S/C13H15N5S/c1-10-7-11-12(15-8-10)18(13(19)16-11)5-2-4-17-6-3-14-9-17/h3,6-9H,2,4-5H2,1H3,(H,16,19). The highest BCUT2D eigenvalue weighted by molar-refractivity contribution is 7.71. The van der Waals surface area contributed by atoms with E-state index in [1.54, 1.807) is 6.20 Å². The predicted molar refractivity (Wildman–Crippen MR) is 76.5 cm³/mol. The van der Waals surface area contributed by atoms with Crippen LogP contribution in [-0.4, -0.2) is 24.1 Å².